The van der Waals surface area contributed by atoms with Gasteiger partial charge in [-0.15, -0.1) is 0 Å². The molecule has 1 saturated heterocycles. The van der Waals surface area contributed by atoms with Crippen LogP contribution in [0.25, 0.3) is 0 Å². The van der Waals surface area contributed by atoms with Gasteiger partial charge < -0.3 is 15.0 Å². The lowest BCUT2D eigenvalue weighted by atomic mass is 10.1. The van der Waals surface area contributed by atoms with Crippen molar-refractivity contribution < 1.29 is 13.9 Å². The van der Waals surface area contributed by atoms with Crippen LogP contribution in [0.3, 0.4) is 0 Å². The maximum atomic E-state index is 13.2. The summed E-state index contributed by atoms with van der Waals surface area (Å²) in [5, 5.41) is 2.80. The smallest absolute Gasteiger partial charge is 0.224 e. The lowest BCUT2D eigenvalue weighted by Gasteiger charge is -2.29. The van der Waals surface area contributed by atoms with Crippen LogP contribution in [0, 0.1) is 5.82 Å². The Labute approximate surface area is 146 Å². The van der Waals surface area contributed by atoms with Gasteiger partial charge in [0.05, 0.1) is 25.3 Å². The fraction of sp³-hybridized carbons (Fsp3) is 0.389. The van der Waals surface area contributed by atoms with Crippen LogP contribution in [0.5, 0.6) is 0 Å². The predicted octanol–water partition coefficient (Wildman–Crippen LogP) is 1.48. The zero-order chi connectivity index (χ0) is 17.6. The number of hydrogen-bond donors (Lipinski definition) is 1. The SMILES string of the molecule is CN1CCOC(c2nccc(CNC(=O)Cc3cccc(F)c3)n2)C1. The van der Waals surface area contributed by atoms with Crippen molar-refractivity contribution in [1.82, 2.24) is 20.2 Å². The number of nitrogens with one attached hydrogen (secondary N) is 1. The molecule has 1 fully saturated rings. The normalized spacial score (nSPS) is 18.1. The average molecular weight is 344 g/mol. The highest BCUT2D eigenvalue weighted by Gasteiger charge is 2.22. The first-order valence-electron chi connectivity index (χ1n) is 8.23. The number of halogens is 1. The van der Waals surface area contributed by atoms with Crippen LogP contribution in [0.4, 0.5) is 4.39 Å². The van der Waals surface area contributed by atoms with E-state index in [-0.39, 0.29) is 24.2 Å². The minimum absolute atomic E-state index is 0.131. The molecular weight excluding hydrogens is 323 g/mol. The Kier molecular flexibility index (Phi) is 5.67. The van der Waals surface area contributed by atoms with E-state index in [0.717, 1.165) is 18.8 Å². The summed E-state index contributed by atoms with van der Waals surface area (Å²) in [5.74, 6) is 0.103. The van der Waals surface area contributed by atoms with Crippen LogP contribution in [0.1, 0.15) is 23.2 Å². The summed E-state index contributed by atoms with van der Waals surface area (Å²) in [5.41, 5.74) is 1.36. The molecule has 25 heavy (non-hydrogen) atoms. The van der Waals surface area contributed by atoms with E-state index in [1.54, 1.807) is 24.4 Å². The first-order chi connectivity index (χ1) is 12.1. The van der Waals surface area contributed by atoms with Crippen molar-refractivity contribution in [2.45, 2.75) is 19.1 Å². The highest BCUT2D eigenvalue weighted by molar-refractivity contribution is 5.78. The summed E-state index contributed by atoms with van der Waals surface area (Å²) in [7, 11) is 2.03. The molecule has 3 rings (SSSR count). The first-order valence-corrected chi connectivity index (χ1v) is 8.23. The second kappa shape index (κ2) is 8.13. The molecular formula is C18H21FN4O2. The summed E-state index contributed by atoms with van der Waals surface area (Å²) >= 11 is 0. The van der Waals surface area contributed by atoms with Crippen molar-refractivity contribution in [3.05, 3.63) is 59.4 Å². The van der Waals surface area contributed by atoms with Crippen LogP contribution in [-0.4, -0.2) is 47.5 Å². The van der Waals surface area contributed by atoms with Crippen molar-refractivity contribution in [3.8, 4) is 0 Å². The Morgan fingerprint density at radius 2 is 2.32 bits per heavy atom. The maximum absolute atomic E-state index is 13.2. The van der Waals surface area contributed by atoms with Gasteiger partial charge in [0, 0.05) is 19.3 Å². The lowest BCUT2D eigenvalue weighted by Crippen LogP contribution is -2.36. The topological polar surface area (TPSA) is 67.3 Å². The van der Waals surface area contributed by atoms with Gasteiger partial charge in [0.2, 0.25) is 5.91 Å². The Morgan fingerprint density at radius 1 is 1.44 bits per heavy atom. The molecule has 0 saturated carbocycles. The molecule has 6 nitrogen and oxygen atoms in total. The molecule has 1 aliphatic heterocycles. The Bertz CT molecular complexity index is 741. The molecule has 1 aromatic carbocycles. The molecule has 1 aromatic heterocycles. The summed E-state index contributed by atoms with van der Waals surface area (Å²) in [6, 6.07) is 7.80. The Hall–Kier alpha value is -2.38. The molecule has 0 radical (unpaired) electrons. The molecule has 7 heteroatoms. The zero-order valence-corrected chi connectivity index (χ0v) is 14.1. The summed E-state index contributed by atoms with van der Waals surface area (Å²) in [4.78, 5) is 23.0. The van der Waals surface area contributed by atoms with Crippen molar-refractivity contribution in [2.24, 2.45) is 0 Å². The van der Waals surface area contributed by atoms with Crippen LogP contribution in [0.15, 0.2) is 36.5 Å². The molecule has 2 aromatic rings. The van der Waals surface area contributed by atoms with Gasteiger partial charge in [0.25, 0.3) is 0 Å². The number of morpholine rings is 1. The number of nitrogens with zero attached hydrogens (tertiary/aromatic N) is 3. The van der Waals surface area contributed by atoms with E-state index < -0.39 is 0 Å². The van der Waals surface area contributed by atoms with Gasteiger partial charge in [-0.1, -0.05) is 12.1 Å². The van der Waals surface area contributed by atoms with Gasteiger partial charge in [-0.05, 0) is 30.8 Å². The Balaban J connectivity index is 1.56. The maximum Gasteiger partial charge on any atom is 0.224 e. The van der Waals surface area contributed by atoms with Crippen LogP contribution >= 0.6 is 0 Å². The third-order valence-corrected chi connectivity index (χ3v) is 4.01. The molecule has 1 atom stereocenters. The number of hydrogen-bond acceptors (Lipinski definition) is 5. The van der Waals surface area contributed by atoms with Crippen molar-refractivity contribution in [3.63, 3.8) is 0 Å². The molecule has 0 spiro atoms. The number of amides is 1. The number of ether oxygens (including phenoxy) is 1. The van der Waals surface area contributed by atoms with Crippen LogP contribution < -0.4 is 5.32 Å². The fourth-order valence-electron chi connectivity index (χ4n) is 2.68. The highest BCUT2D eigenvalue weighted by atomic mass is 19.1. The molecule has 1 N–H and O–H groups in total. The van der Waals surface area contributed by atoms with Gasteiger partial charge in [-0.3, -0.25) is 4.79 Å². The first kappa shape index (κ1) is 17.4. The molecule has 1 amide bonds. The van der Waals surface area contributed by atoms with Gasteiger partial charge >= 0.3 is 0 Å². The van der Waals surface area contributed by atoms with E-state index >= 15 is 0 Å². The molecule has 0 aliphatic carbocycles. The van der Waals surface area contributed by atoms with Crippen molar-refractivity contribution in [1.29, 1.82) is 0 Å². The summed E-state index contributed by atoms with van der Waals surface area (Å²) in [6.07, 6.45) is 1.65. The quantitative estimate of drug-likeness (QED) is 0.890. The van der Waals surface area contributed by atoms with Gasteiger partial charge in [-0.25, -0.2) is 14.4 Å². The van der Waals surface area contributed by atoms with Gasteiger partial charge in [0.15, 0.2) is 5.82 Å². The number of likely N-dealkylation sites (N-methyl/N-ethyl adjacent to an activating group) is 1. The van der Waals surface area contributed by atoms with E-state index in [1.165, 1.54) is 12.1 Å². The number of carbonyl (C=O) groups is 1. The predicted molar refractivity (Wildman–Crippen MR) is 90.2 cm³/mol. The van der Waals surface area contributed by atoms with E-state index in [0.29, 0.717) is 24.5 Å². The molecule has 0 bridgehead atoms. The number of carbonyl (C=O) groups excluding carboxylic acids is 1. The minimum atomic E-state index is -0.344. The standard InChI is InChI=1S/C18H21FN4O2/c1-23-7-8-25-16(12-23)18-20-6-5-15(22-18)11-21-17(24)10-13-3-2-4-14(19)9-13/h2-6,9,16H,7-8,10-12H2,1H3,(H,21,24). The fourth-order valence-corrected chi connectivity index (χ4v) is 2.68. The summed E-state index contributed by atoms with van der Waals surface area (Å²) in [6.45, 7) is 2.59. The van der Waals surface area contributed by atoms with Gasteiger partial charge in [0.1, 0.15) is 11.9 Å². The average Bonchev–Trinajstić information content (AvgIpc) is 2.60. The van der Waals surface area contributed by atoms with Gasteiger partial charge in [-0.2, -0.15) is 0 Å². The second-order valence-electron chi connectivity index (χ2n) is 6.11. The molecule has 2 heterocycles. The Morgan fingerprint density at radius 3 is 3.12 bits per heavy atom. The zero-order valence-electron chi connectivity index (χ0n) is 14.1. The summed E-state index contributed by atoms with van der Waals surface area (Å²) < 4.78 is 18.9. The van der Waals surface area contributed by atoms with E-state index in [4.69, 9.17) is 4.74 Å². The number of aromatic nitrogens is 2. The second-order valence-corrected chi connectivity index (χ2v) is 6.11. The molecule has 1 unspecified atom stereocenters. The molecule has 132 valence electrons. The highest BCUT2D eigenvalue weighted by Crippen LogP contribution is 2.17. The van der Waals surface area contributed by atoms with Crippen molar-refractivity contribution in [2.75, 3.05) is 26.7 Å². The van der Waals surface area contributed by atoms with E-state index in [2.05, 4.69) is 20.2 Å². The van der Waals surface area contributed by atoms with Crippen LogP contribution in [0.2, 0.25) is 0 Å². The molecule has 1 aliphatic rings. The number of benzene rings is 1. The number of rotatable bonds is 5. The lowest BCUT2D eigenvalue weighted by molar-refractivity contribution is -0.120. The monoisotopic (exact) mass is 344 g/mol. The minimum Gasteiger partial charge on any atom is -0.368 e. The third-order valence-electron chi connectivity index (χ3n) is 4.01. The van der Waals surface area contributed by atoms with E-state index in [9.17, 15) is 9.18 Å². The largest absolute Gasteiger partial charge is 0.368 e. The van der Waals surface area contributed by atoms with E-state index in [1.807, 2.05) is 7.05 Å². The van der Waals surface area contributed by atoms with Crippen LogP contribution in [-0.2, 0) is 22.5 Å². The van der Waals surface area contributed by atoms with Crippen molar-refractivity contribution >= 4 is 5.91 Å². The third kappa shape index (κ3) is 5.04.